The Morgan fingerprint density at radius 1 is 1.09 bits per heavy atom. The highest BCUT2D eigenvalue weighted by Gasteiger charge is 2.16. The molecule has 0 heterocycles. The van der Waals surface area contributed by atoms with Gasteiger partial charge in [0.25, 0.3) is 5.91 Å². The van der Waals surface area contributed by atoms with Crippen molar-refractivity contribution in [2.45, 2.75) is 4.90 Å². The number of ether oxygens (including phenoxy) is 1. The van der Waals surface area contributed by atoms with Crippen molar-refractivity contribution in [2.24, 2.45) is 0 Å². The average molecular weight is 336 g/mol. The molecular formula is C15H16N2O5S. The normalized spacial score (nSPS) is 10.8. The summed E-state index contributed by atoms with van der Waals surface area (Å²) in [6, 6.07) is 14.0. The summed E-state index contributed by atoms with van der Waals surface area (Å²) in [4.78, 5) is 11.4. The predicted octanol–water partition coefficient (Wildman–Crippen LogP) is 1.54. The third kappa shape index (κ3) is 4.97. The van der Waals surface area contributed by atoms with Crippen LogP contribution < -0.4 is 15.0 Å². The van der Waals surface area contributed by atoms with Crippen molar-refractivity contribution < 1.29 is 22.1 Å². The summed E-state index contributed by atoms with van der Waals surface area (Å²) in [6.07, 6.45) is 0. The molecule has 0 unspecified atom stereocenters. The second kappa shape index (κ2) is 7.61. The van der Waals surface area contributed by atoms with E-state index in [1.807, 2.05) is 0 Å². The zero-order valence-electron chi connectivity index (χ0n) is 12.4. The SMILES string of the molecule is COCC(=O)NNc1cccc(OS(=O)(=O)c2ccccc2)c1. The van der Waals surface area contributed by atoms with E-state index in [0.717, 1.165) is 0 Å². The first kappa shape index (κ1) is 16.8. The molecule has 0 bridgehead atoms. The van der Waals surface area contributed by atoms with Gasteiger partial charge in [-0.05, 0) is 24.3 Å². The smallest absolute Gasteiger partial charge is 0.339 e. The van der Waals surface area contributed by atoms with Crippen LogP contribution in [-0.4, -0.2) is 28.0 Å². The van der Waals surface area contributed by atoms with Gasteiger partial charge in [0.2, 0.25) is 0 Å². The lowest BCUT2D eigenvalue weighted by molar-refractivity contribution is -0.124. The minimum absolute atomic E-state index is 0.0618. The number of hydrogen-bond acceptors (Lipinski definition) is 6. The van der Waals surface area contributed by atoms with Crippen molar-refractivity contribution in [3.05, 3.63) is 54.6 Å². The molecule has 2 N–H and O–H groups in total. The van der Waals surface area contributed by atoms with Crippen molar-refractivity contribution in [3.63, 3.8) is 0 Å². The quantitative estimate of drug-likeness (QED) is 0.588. The van der Waals surface area contributed by atoms with E-state index < -0.39 is 10.1 Å². The summed E-state index contributed by atoms with van der Waals surface area (Å²) >= 11 is 0. The van der Waals surface area contributed by atoms with E-state index in [1.165, 1.54) is 31.4 Å². The van der Waals surface area contributed by atoms with Gasteiger partial charge < -0.3 is 8.92 Å². The van der Waals surface area contributed by atoms with Gasteiger partial charge in [-0.1, -0.05) is 24.3 Å². The fourth-order valence-corrected chi connectivity index (χ4v) is 2.64. The van der Waals surface area contributed by atoms with E-state index in [9.17, 15) is 13.2 Å². The molecule has 0 saturated carbocycles. The van der Waals surface area contributed by atoms with E-state index in [4.69, 9.17) is 4.18 Å². The monoisotopic (exact) mass is 336 g/mol. The molecule has 0 saturated heterocycles. The minimum atomic E-state index is -3.91. The Morgan fingerprint density at radius 3 is 2.52 bits per heavy atom. The molecule has 0 aromatic heterocycles. The Bertz CT molecular complexity index is 762. The number of rotatable bonds is 7. The molecule has 2 rings (SSSR count). The van der Waals surface area contributed by atoms with Gasteiger partial charge in [0.1, 0.15) is 17.3 Å². The van der Waals surface area contributed by atoms with Crippen molar-refractivity contribution in [1.29, 1.82) is 0 Å². The maximum absolute atomic E-state index is 12.1. The maximum Gasteiger partial charge on any atom is 0.339 e. The van der Waals surface area contributed by atoms with Crippen LogP contribution in [0.2, 0.25) is 0 Å². The number of nitrogens with one attached hydrogen (secondary N) is 2. The highest BCUT2D eigenvalue weighted by atomic mass is 32.2. The van der Waals surface area contributed by atoms with Gasteiger partial charge in [0.15, 0.2) is 0 Å². The number of hydrazine groups is 1. The average Bonchev–Trinajstić information content (AvgIpc) is 2.54. The summed E-state index contributed by atoms with van der Waals surface area (Å²) < 4.78 is 34.0. The van der Waals surface area contributed by atoms with Gasteiger partial charge in [0, 0.05) is 13.2 Å². The second-order valence-electron chi connectivity index (χ2n) is 4.48. The van der Waals surface area contributed by atoms with Gasteiger partial charge in [-0.2, -0.15) is 8.42 Å². The molecule has 2 aromatic rings. The van der Waals surface area contributed by atoms with Crippen molar-refractivity contribution in [1.82, 2.24) is 5.43 Å². The van der Waals surface area contributed by atoms with E-state index in [0.29, 0.717) is 5.69 Å². The minimum Gasteiger partial charge on any atom is -0.379 e. The van der Waals surface area contributed by atoms with E-state index in [-0.39, 0.29) is 23.2 Å². The predicted molar refractivity (Wildman–Crippen MR) is 84.3 cm³/mol. The number of anilines is 1. The highest BCUT2D eigenvalue weighted by Crippen LogP contribution is 2.21. The van der Waals surface area contributed by atoms with Crippen LogP contribution >= 0.6 is 0 Å². The lowest BCUT2D eigenvalue weighted by Crippen LogP contribution is -2.32. The number of benzene rings is 2. The molecule has 122 valence electrons. The molecule has 8 heteroatoms. The Kier molecular flexibility index (Phi) is 5.56. The topological polar surface area (TPSA) is 93.7 Å². The zero-order valence-corrected chi connectivity index (χ0v) is 13.2. The number of hydrogen-bond donors (Lipinski definition) is 2. The summed E-state index contributed by atoms with van der Waals surface area (Å²) in [7, 11) is -2.50. The van der Waals surface area contributed by atoms with Crippen LogP contribution in [0.4, 0.5) is 5.69 Å². The number of carbonyl (C=O) groups is 1. The standard InChI is InChI=1S/C15H16N2O5S/c1-21-11-15(18)17-16-12-6-5-7-13(10-12)22-23(19,20)14-8-3-2-4-9-14/h2-10,16H,11H2,1H3,(H,17,18). The van der Waals surface area contributed by atoms with Crippen LogP contribution in [0.1, 0.15) is 0 Å². The molecular weight excluding hydrogens is 320 g/mol. The molecule has 23 heavy (non-hydrogen) atoms. The fourth-order valence-electron chi connectivity index (χ4n) is 1.70. The van der Waals surface area contributed by atoms with E-state index in [2.05, 4.69) is 15.6 Å². The molecule has 0 aliphatic carbocycles. The van der Waals surface area contributed by atoms with E-state index >= 15 is 0 Å². The molecule has 1 amide bonds. The van der Waals surface area contributed by atoms with Crippen LogP contribution in [0.25, 0.3) is 0 Å². The first-order valence-corrected chi connectivity index (χ1v) is 8.05. The van der Waals surface area contributed by atoms with Crippen LogP contribution in [0, 0.1) is 0 Å². The van der Waals surface area contributed by atoms with Crippen molar-refractivity contribution in [3.8, 4) is 5.75 Å². The fraction of sp³-hybridized carbons (Fsp3) is 0.133. The van der Waals surface area contributed by atoms with Crippen molar-refractivity contribution in [2.75, 3.05) is 19.1 Å². The molecule has 0 radical (unpaired) electrons. The second-order valence-corrected chi connectivity index (χ2v) is 6.03. The van der Waals surface area contributed by atoms with Crippen LogP contribution in [-0.2, 0) is 19.6 Å². The molecule has 0 spiro atoms. The summed E-state index contributed by atoms with van der Waals surface area (Å²) in [6.45, 7) is -0.0917. The number of methoxy groups -OCH3 is 1. The van der Waals surface area contributed by atoms with E-state index in [1.54, 1.807) is 30.3 Å². The summed E-state index contributed by atoms with van der Waals surface area (Å²) in [5.41, 5.74) is 5.51. The van der Waals surface area contributed by atoms with Gasteiger partial charge in [-0.25, -0.2) is 0 Å². The summed E-state index contributed by atoms with van der Waals surface area (Å²) in [5.74, 6) is -0.240. The summed E-state index contributed by atoms with van der Waals surface area (Å²) in [5, 5.41) is 0. The number of amides is 1. The van der Waals surface area contributed by atoms with Crippen LogP contribution in [0.5, 0.6) is 5.75 Å². The van der Waals surface area contributed by atoms with Crippen molar-refractivity contribution >= 4 is 21.7 Å². The first-order chi connectivity index (χ1) is 11.0. The van der Waals surface area contributed by atoms with Crippen LogP contribution in [0.15, 0.2) is 59.5 Å². The molecule has 0 aliphatic heterocycles. The van der Waals surface area contributed by atoms with Gasteiger partial charge in [-0.15, -0.1) is 0 Å². The number of carbonyl (C=O) groups excluding carboxylic acids is 1. The largest absolute Gasteiger partial charge is 0.379 e. The molecule has 7 nitrogen and oxygen atoms in total. The Hall–Kier alpha value is -2.58. The van der Waals surface area contributed by atoms with Gasteiger partial charge in [0.05, 0.1) is 5.69 Å². The lowest BCUT2D eigenvalue weighted by Gasteiger charge is -2.10. The first-order valence-electron chi connectivity index (χ1n) is 6.64. The molecule has 0 aliphatic rings. The lowest BCUT2D eigenvalue weighted by atomic mass is 10.3. The van der Waals surface area contributed by atoms with Gasteiger partial charge >= 0.3 is 10.1 Å². The Labute approximate surface area is 134 Å². The Morgan fingerprint density at radius 2 is 1.83 bits per heavy atom. The maximum atomic E-state index is 12.1. The highest BCUT2D eigenvalue weighted by molar-refractivity contribution is 7.87. The zero-order chi connectivity index (χ0) is 16.7. The molecule has 0 fully saturated rings. The Balaban J connectivity index is 2.07. The third-order valence-corrected chi connectivity index (χ3v) is 3.95. The molecule has 0 atom stereocenters. The van der Waals surface area contributed by atoms with Crippen LogP contribution in [0.3, 0.4) is 0 Å². The third-order valence-electron chi connectivity index (χ3n) is 2.69. The van der Waals surface area contributed by atoms with Gasteiger partial charge in [-0.3, -0.25) is 15.6 Å². The molecule has 2 aromatic carbocycles.